The largest absolute Gasteiger partial charge is 0.437 e. The number of hydrogen-bond acceptors (Lipinski definition) is 5. The molecule has 1 aromatic rings. The predicted molar refractivity (Wildman–Crippen MR) is 68.7 cm³/mol. The highest BCUT2D eigenvalue weighted by atomic mass is 32.1. The third-order valence-corrected chi connectivity index (χ3v) is 4.12. The molecule has 1 aromatic heterocycles. The Morgan fingerprint density at radius 3 is 2.70 bits per heavy atom. The van der Waals surface area contributed by atoms with Gasteiger partial charge in [0.1, 0.15) is 0 Å². The average molecular weight is 302 g/mol. The Kier molecular flexibility index (Phi) is 3.04. The molecule has 1 saturated heterocycles. The summed E-state index contributed by atoms with van der Waals surface area (Å²) in [6, 6.07) is 3.52. The number of hydrogen-bond donors (Lipinski definition) is 0. The number of alkyl halides is 3. The van der Waals surface area contributed by atoms with E-state index in [1.165, 1.54) is 17.4 Å². The molecule has 0 unspecified atom stereocenters. The van der Waals surface area contributed by atoms with Crippen LogP contribution in [0.25, 0.3) is 6.08 Å². The van der Waals surface area contributed by atoms with Gasteiger partial charge in [-0.1, -0.05) is 5.16 Å². The summed E-state index contributed by atoms with van der Waals surface area (Å²) in [6.45, 7) is 1.90. The van der Waals surface area contributed by atoms with Gasteiger partial charge in [-0.3, -0.25) is 0 Å². The molecule has 0 spiro atoms. The van der Waals surface area contributed by atoms with Crippen LogP contribution in [0.1, 0.15) is 11.3 Å². The molecular formula is C12H9F3N2O2S. The van der Waals surface area contributed by atoms with Crippen molar-refractivity contribution in [2.45, 2.75) is 12.6 Å². The molecule has 8 heteroatoms. The summed E-state index contributed by atoms with van der Waals surface area (Å²) in [7, 11) is 0. The third-order valence-electron chi connectivity index (χ3n) is 3.03. The second-order valence-electron chi connectivity index (χ2n) is 4.39. The van der Waals surface area contributed by atoms with Gasteiger partial charge in [-0.25, -0.2) is 4.79 Å². The lowest BCUT2D eigenvalue weighted by atomic mass is 10.1. The zero-order valence-corrected chi connectivity index (χ0v) is 10.9. The van der Waals surface area contributed by atoms with Crippen LogP contribution >= 0.6 is 11.3 Å². The number of oxime groups is 1. The van der Waals surface area contributed by atoms with Gasteiger partial charge in [0.2, 0.25) is 0 Å². The molecule has 4 nitrogen and oxygen atoms in total. The first kappa shape index (κ1) is 13.2. The maximum atomic E-state index is 12.7. The minimum Gasteiger partial charge on any atom is -0.363 e. The molecule has 0 saturated carbocycles. The summed E-state index contributed by atoms with van der Waals surface area (Å²) in [5.41, 5.74) is -1.82. The van der Waals surface area contributed by atoms with Gasteiger partial charge in [-0.15, -0.1) is 11.3 Å². The fourth-order valence-electron chi connectivity index (χ4n) is 1.88. The van der Waals surface area contributed by atoms with Crippen LogP contribution in [0, 0.1) is 0 Å². The minimum atomic E-state index is -4.70. The minimum absolute atomic E-state index is 0.547. The first-order valence-electron chi connectivity index (χ1n) is 5.88. The van der Waals surface area contributed by atoms with Gasteiger partial charge in [0.25, 0.3) is 0 Å². The van der Waals surface area contributed by atoms with Gasteiger partial charge in [-0.05, 0) is 24.6 Å². The highest BCUT2D eigenvalue weighted by molar-refractivity contribution is 7.17. The lowest BCUT2D eigenvalue weighted by Crippen LogP contribution is -2.36. The van der Waals surface area contributed by atoms with Crippen LogP contribution in [0.5, 0.6) is 0 Å². The van der Waals surface area contributed by atoms with Gasteiger partial charge < -0.3 is 9.74 Å². The van der Waals surface area contributed by atoms with E-state index in [2.05, 4.69) is 14.9 Å². The monoisotopic (exact) mass is 302 g/mol. The first-order chi connectivity index (χ1) is 9.45. The van der Waals surface area contributed by atoms with Crippen LogP contribution in [0.4, 0.5) is 18.2 Å². The number of nitrogens with zero attached hydrogens (tertiary/aromatic N) is 2. The summed E-state index contributed by atoms with van der Waals surface area (Å²) < 4.78 is 38.0. The molecule has 0 bridgehead atoms. The summed E-state index contributed by atoms with van der Waals surface area (Å²) in [4.78, 5) is 18.1. The zero-order chi connectivity index (χ0) is 14.3. The molecule has 0 amide bonds. The van der Waals surface area contributed by atoms with E-state index in [1.807, 2.05) is 6.07 Å². The first-order valence-corrected chi connectivity index (χ1v) is 6.70. The number of carbonyl (C=O) groups excluding carboxylic acids is 1. The normalized spacial score (nSPS) is 20.9. The van der Waals surface area contributed by atoms with E-state index < -0.39 is 23.4 Å². The molecule has 3 heterocycles. The summed E-state index contributed by atoms with van der Waals surface area (Å²) in [5.74, 6) is -1.07. The van der Waals surface area contributed by atoms with Crippen molar-refractivity contribution >= 4 is 34.1 Å². The molecule has 0 atom stereocenters. The quantitative estimate of drug-likeness (QED) is 0.623. The molecule has 2 aliphatic rings. The molecule has 3 rings (SSSR count). The number of rotatable bonds is 2. The maximum absolute atomic E-state index is 12.7. The van der Waals surface area contributed by atoms with Crippen LogP contribution in [-0.4, -0.2) is 30.9 Å². The fourth-order valence-corrected chi connectivity index (χ4v) is 2.88. The van der Waals surface area contributed by atoms with Crippen molar-refractivity contribution in [3.05, 3.63) is 22.6 Å². The van der Waals surface area contributed by atoms with Gasteiger partial charge in [0.05, 0.1) is 10.6 Å². The molecule has 0 aliphatic carbocycles. The SMILES string of the molecule is O=C1ON=C(C(F)(F)F)/C1=C/c1ccc(N2CCC2)s1. The predicted octanol–water partition coefficient (Wildman–Crippen LogP) is 2.82. The van der Waals surface area contributed by atoms with E-state index in [-0.39, 0.29) is 0 Å². The van der Waals surface area contributed by atoms with Crippen LogP contribution in [0.2, 0.25) is 0 Å². The van der Waals surface area contributed by atoms with E-state index in [9.17, 15) is 18.0 Å². The average Bonchev–Trinajstić information content (AvgIpc) is 2.85. The van der Waals surface area contributed by atoms with Gasteiger partial charge in [-0.2, -0.15) is 13.2 Å². The van der Waals surface area contributed by atoms with Gasteiger partial charge in [0, 0.05) is 18.0 Å². The summed E-state index contributed by atoms with van der Waals surface area (Å²) in [5, 5.41) is 3.79. The number of carbonyl (C=O) groups is 1. The van der Waals surface area contributed by atoms with Crippen molar-refractivity contribution in [1.82, 2.24) is 0 Å². The smallest absolute Gasteiger partial charge is 0.363 e. The Bertz CT molecular complexity index is 614. The number of halogens is 3. The second-order valence-corrected chi connectivity index (χ2v) is 5.48. The second kappa shape index (κ2) is 4.62. The van der Waals surface area contributed by atoms with Gasteiger partial charge in [0.15, 0.2) is 5.71 Å². The van der Waals surface area contributed by atoms with Crippen molar-refractivity contribution in [3.8, 4) is 0 Å². The molecular weight excluding hydrogens is 293 g/mol. The van der Waals surface area contributed by atoms with Crippen molar-refractivity contribution in [2.24, 2.45) is 5.16 Å². The Labute approximate surface area is 116 Å². The Morgan fingerprint density at radius 1 is 1.35 bits per heavy atom. The van der Waals surface area contributed by atoms with Crippen molar-refractivity contribution < 1.29 is 22.8 Å². The molecule has 20 heavy (non-hydrogen) atoms. The molecule has 1 fully saturated rings. The molecule has 106 valence electrons. The van der Waals surface area contributed by atoms with E-state index in [0.717, 1.165) is 24.5 Å². The topological polar surface area (TPSA) is 41.9 Å². The lowest BCUT2D eigenvalue weighted by molar-refractivity contribution is -0.136. The van der Waals surface area contributed by atoms with Crippen molar-refractivity contribution in [1.29, 1.82) is 0 Å². The summed E-state index contributed by atoms with van der Waals surface area (Å²) >= 11 is 1.34. The van der Waals surface area contributed by atoms with Crippen molar-refractivity contribution in [2.75, 3.05) is 18.0 Å². The Morgan fingerprint density at radius 2 is 2.10 bits per heavy atom. The highest BCUT2D eigenvalue weighted by Crippen LogP contribution is 2.33. The molecule has 0 radical (unpaired) electrons. The van der Waals surface area contributed by atoms with E-state index >= 15 is 0 Å². The van der Waals surface area contributed by atoms with Crippen LogP contribution in [-0.2, 0) is 9.63 Å². The third kappa shape index (κ3) is 2.31. The Hall–Kier alpha value is -1.83. The number of anilines is 1. The van der Waals surface area contributed by atoms with E-state index in [0.29, 0.717) is 4.88 Å². The molecule has 2 aliphatic heterocycles. The zero-order valence-electron chi connectivity index (χ0n) is 10.1. The maximum Gasteiger partial charge on any atom is 0.437 e. The van der Waals surface area contributed by atoms with E-state index in [1.54, 1.807) is 6.07 Å². The standard InChI is InChI=1S/C12H9F3N2O2S/c13-12(14,15)10-8(11(18)19-16-10)6-7-2-3-9(20-7)17-4-1-5-17/h2-3,6H,1,4-5H2/b8-6-. The van der Waals surface area contributed by atoms with Crippen LogP contribution in [0.3, 0.4) is 0 Å². The lowest BCUT2D eigenvalue weighted by Gasteiger charge is -2.31. The highest BCUT2D eigenvalue weighted by Gasteiger charge is 2.45. The van der Waals surface area contributed by atoms with Gasteiger partial charge >= 0.3 is 12.1 Å². The van der Waals surface area contributed by atoms with Crippen molar-refractivity contribution in [3.63, 3.8) is 0 Å². The molecule has 0 N–H and O–H groups in total. The molecule has 0 aromatic carbocycles. The Balaban J connectivity index is 1.88. The number of thiophene rings is 1. The van der Waals surface area contributed by atoms with Crippen LogP contribution in [0.15, 0.2) is 22.9 Å². The van der Waals surface area contributed by atoms with E-state index in [4.69, 9.17) is 0 Å². The fraction of sp³-hybridized carbons (Fsp3) is 0.333. The summed E-state index contributed by atoms with van der Waals surface area (Å²) in [6.07, 6.45) is -2.41. The van der Waals surface area contributed by atoms with Crippen LogP contribution < -0.4 is 4.90 Å².